The number of rotatable bonds is 1. The minimum absolute atomic E-state index is 0.152. The van der Waals surface area contributed by atoms with Crippen LogP contribution < -0.4 is 10.0 Å². The van der Waals surface area contributed by atoms with E-state index in [1.807, 2.05) is 0 Å². The van der Waals surface area contributed by atoms with Crippen LogP contribution in [0.15, 0.2) is 18.2 Å². The van der Waals surface area contributed by atoms with E-state index in [9.17, 15) is 13.2 Å². The van der Waals surface area contributed by atoms with Gasteiger partial charge in [-0.05, 0) is 32.0 Å². The summed E-state index contributed by atoms with van der Waals surface area (Å²) in [6.07, 6.45) is 0. The number of hydrogen-bond donors (Lipinski definition) is 1. The van der Waals surface area contributed by atoms with Crippen LogP contribution in [0.5, 0.6) is 0 Å². The van der Waals surface area contributed by atoms with E-state index < -0.39 is 20.7 Å². The first-order chi connectivity index (χ1) is 7.69. The second-order valence-electron chi connectivity index (χ2n) is 4.29. The molecule has 0 aliphatic carbocycles. The summed E-state index contributed by atoms with van der Waals surface area (Å²) in [7, 11) is -3.68. The van der Waals surface area contributed by atoms with Gasteiger partial charge in [-0.15, -0.1) is 0 Å². The Bertz CT molecular complexity index is 610. The van der Waals surface area contributed by atoms with E-state index in [0.717, 1.165) is 4.31 Å². The molecule has 5 nitrogen and oxygen atoms in total. The Morgan fingerprint density at radius 2 is 1.94 bits per heavy atom. The second-order valence-corrected chi connectivity index (χ2v) is 7.06. The largest absolute Gasteiger partial charge is 0.397 e. The zero-order valence-electron chi connectivity index (χ0n) is 9.27. The average Bonchev–Trinajstić information content (AvgIpc) is 2.21. The highest BCUT2D eigenvalue weighted by Gasteiger charge is 2.61. The molecule has 1 aliphatic rings. The Morgan fingerprint density at radius 1 is 1.35 bits per heavy atom. The molecule has 0 bridgehead atoms. The van der Waals surface area contributed by atoms with Crippen molar-refractivity contribution < 1.29 is 13.2 Å². The lowest BCUT2D eigenvalue weighted by Gasteiger charge is -2.43. The van der Waals surface area contributed by atoms with E-state index in [2.05, 4.69) is 0 Å². The molecule has 1 heterocycles. The number of carbonyl (C=O) groups excluding carboxylic acids is 1. The van der Waals surface area contributed by atoms with E-state index in [1.165, 1.54) is 32.0 Å². The fourth-order valence-corrected chi connectivity index (χ4v) is 3.29. The molecule has 2 N–H and O–H groups in total. The minimum Gasteiger partial charge on any atom is -0.397 e. The van der Waals surface area contributed by atoms with Crippen LogP contribution in [0.25, 0.3) is 0 Å². The Morgan fingerprint density at radius 3 is 2.41 bits per heavy atom. The first kappa shape index (κ1) is 12.2. The van der Waals surface area contributed by atoms with Crippen molar-refractivity contribution in [2.75, 3.05) is 10.0 Å². The molecule has 1 aromatic rings. The number of halogens is 1. The van der Waals surface area contributed by atoms with Crippen LogP contribution in [0.4, 0.5) is 11.4 Å². The molecule has 0 unspecified atom stereocenters. The van der Waals surface area contributed by atoms with Gasteiger partial charge in [0.1, 0.15) is 0 Å². The predicted molar refractivity (Wildman–Crippen MR) is 66.3 cm³/mol. The highest BCUT2D eigenvalue weighted by molar-refractivity contribution is 7.98. The Balaban J connectivity index is 2.55. The number of hydrogen-bond acceptors (Lipinski definition) is 4. The molecule has 0 radical (unpaired) electrons. The molecule has 0 atom stereocenters. The van der Waals surface area contributed by atoms with Crippen LogP contribution >= 0.6 is 11.6 Å². The van der Waals surface area contributed by atoms with Crippen LogP contribution in [0, 0.1) is 0 Å². The van der Waals surface area contributed by atoms with Crippen LogP contribution in [0.1, 0.15) is 13.8 Å². The van der Waals surface area contributed by atoms with Crippen molar-refractivity contribution in [3.05, 3.63) is 23.2 Å². The van der Waals surface area contributed by atoms with Gasteiger partial charge in [0.25, 0.3) is 15.9 Å². The first-order valence-corrected chi connectivity index (χ1v) is 6.66. The Kier molecular flexibility index (Phi) is 2.41. The smallest absolute Gasteiger partial charge is 0.263 e. The number of anilines is 2. The van der Waals surface area contributed by atoms with Crippen molar-refractivity contribution in [2.45, 2.75) is 18.6 Å². The molecule has 1 aliphatic heterocycles. The van der Waals surface area contributed by atoms with Crippen LogP contribution in [0.3, 0.4) is 0 Å². The summed E-state index contributed by atoms with van der Waals surface area (Å²) in [5.74, 6) is -0.494. The van der Waals surface area contributed by atoms with Gasteiger partial charge in [0, 0.05) is 5.02 Å². The van der Waals surface area contributed by atoms with E-state index >= 15 is 0 Å². The van der Waals surface area contributed by atoms with Crippen molar-refractivity contribution in [1.82, 2.24) is 0 Å². The maximum atomic E-state index is 11.9. The van der Waals surface area contributed by atoms with Crippen molar-refractivity contribution in [3.8, 4) is 0 Å². The van der Waals surface area contributed by atoms with Gasteiger partial charge in [0.05, 0.1) is 11.4 Å². The summed E-state index contributed by atoms with van der Waals surface area (Å²) in [6.45, 7) is 2.74. The molecular weight excluding hydrogens is 264 g/mol. The summed E-state index contributed by atoms with van der Waals surface area (Å²) < 4.78 is 23.2. The lowest BCUT2D eigenvalue weighted by atomic mass is 10.1. The first-order valence-electron chi connectivity index (χ1n) is 4.84. The van der Waals surface area contributed by atoms with Crippen molar-refractivity contribution in [1.29, 1.82) is 0 Å². The van der Waals surface area contributed by atoms with E-state index in [-0.39, 0.29) is 11.4 Å². The van der Waals surface area contributed by atoms with Gasteiger partial charge in [-0.25, -0.2) is 12.7 Å². The quantitative estimate of drug-likeness (QED) is 0.785. The number of nitrogen functional groups attached to an aromatic ring is 1. The Hall–Kier alpha value is -1.27. The summed E-state index contributed by atoms with van der Waals surface area (Å²) >= 11 is 5.71. The molecule has 1 fully saturated rings. The molecule has 1 saturated heterocycles. The van der Waals surface area contributed by atoms with Gasteiger partial charge in [0.15, 0.2) is 4.75 Å². The summed E-state index contributed by atoms with van der Waals surface area (Å²) in [5, 5.41) is 0.385. The van der Waals surface area contributed by atoms with Gasteiger partial charge in [-0.3, -0.25) is 4.79 Å². The van der Waals surface area contributed by atoms with Crippen LogP contribution in [-0.2, 0) is 14.8 Å². The summed E-state index contributed by atoms with van der Waals surface area (Å²) in [4.78, 5) is 11.8. The number of benzene rings is 1. The molecule has 7 heteroatoms. The van der Waals surface area contributed by atoms with E-state index in [4.69, 9.17) is 17.3 Å². The second kappa shape index (κ2) is 3.36. The molecule has 0 aromatic heterocycles. The topological polar surface area (TPSA) is 80.5 Å². The van der Waals surface area contributed by atoms with Crippen LogP contribution in [0.2, 0.25) is 5.02 Å². The molecular formula is C10H11ClN2O3S. The molecule has 1 aromatic carbocycles. The lowest BCUT2D eigenvalue weighted by molar-refractivity contribution is -0.120. The predicted octanol–water partition coefficient (Wildman–Crippen LogP) is 1.38. The third kappa shape index (κ3) is 1.44. The van der Waals surface area contributed by atoms with Gasteiger partial charge in [0.2, 0.25) is 0 Å². The molecule has 17 heavy (non-hydrogen) atoms. The van der Waals surface area contributed by atoms with Gasteiger partial charge >= 0.3 is 0 Å². The third-order valence-corrected chi connectivity index (χ3v) is 5.34. The zero-order chi connectivity index (χ0) is 13.0. The number of carbonyl (C=O) groups is 1. The minimum atomic E-state index is -3.68. The van der Waals surface area contributed by atoms with Crippen molar-refractivity contribution >= 4 is 38.9 Å². The van der Waals surface area contributed by atoms with E-state index in [1.54, 1.807) is 0 Å². The summed E-state index contributed by atoms with van der Waals surface area (Å²) in [5.41, 5.74) is 5.97. The number of nitrogens with two attached hydrogens (primary N) is 1. The Labute approximate surface area is 104 Å². The lowest BCUT2D eigenvalue weighted by Crippen LogP contribution is -2.67. The molecule has 0 spiro atoms. The molecule has 92 valence electrons. The van der Waals surface area contributed by atoms with Gasteiger partial charge in [-0.1, -0.05) is 11.6 Å². The fraction of sp³-hybridized carbons (Fsp3) is 0.300. The standard InChI is InChI=1S/C10H11ClN2O3S/c1-10(2)9(14)13(17(10,15)16)8-4-3-6(11)5-7(8)12/h3-5H,12H2,1-2H3. The molecule has 1 amide bonds. The monoisotopic (exact) mass is 274 g/mol. The van der Waals surface area contributed by atoms with Gasteiger partial charge < -0.3 is 5.73 Å². The van der Waals surface area contributed by atoms with Crippen molar-refractivity contribution in [2.24, 2.45) is 0 Å². The summed E-state index contributed by atoms with van der Waals surface area (Å²) in [6, 6.07) is 4.31. The fourth-order valence-electron chi connectivity index (χ4n) is 1.60. The normalized spacial score (nSPS) is 21.1. The number of amides is 1. The third-order valence-electron chi connectivity index (χ3n) is 2.79. The van der Waals surface area contributed by atoms with Gasteiger partial charge in [-0.2, -0.15) is 0 Å². The maximum absolute atomic E-state index is 11.9. The maximum Gasteiger partial charge on any atom is 0.263 e. The SMILES string of the molecule is CC1(C)C(=O)N(c2ccc(Cl)cc2N)S1(=O)=O. The highest BCUT2D eigenvalue weighted by atomic mass is 35.5. The molecule has 0 saturated carbocycles. The van der Waals surface area contributed by atoms with Crippen LogP contribution in [-0.4, -0.2) is 19.1 Å². The van der Waals surface area contributed by atoms with Crippen molar-refractivity contribution in [3.63, 3.8) is 0 Å². The highest BCUT2D eigenvalue weighted by Crippen LogP contribution is 2.41. The average molecular weight is 275 g/mol. The zero-order valence-corrected chi connectivity index (χ0v) is 10.8. The van der Waals surface area contributed by atoms with E-state index in [0.29, 0.717) is 5.02 Å². The number of sulfonamides is 1. The number of nitrogens with zero attached hydrogens (tertiary/aromatic N) is 1. The molecule has 2 rings (SSSR count).